The van der Waals surface area contributed by atoms with E-state index in [0.29, 0.717) is 6.04 Å². The zero-order chi connectivity index (χ0) is 10.6. The minimum Gasteiger partial charge on any atom is -0.313 e. The van der Waals surface area contributed by atoms with Gasteiger partial charge in [-0.25, -0.2) is 0 Å². The highest BCUT2D eigenvalue weighted by molar-refractivity contribution is 4.75. The maximum atomic E-state index is 3.48. The molecule has 0 aromatic carbocycles. The smallest absolute Gasteiger partial charge is 0.0107 e. The van der Waals surface area contributed by atoms with Gasteiger partial charge in [0.05, 0.1) is 0 Å². The van der Waals surface area contributed by atoms with Crippen LogP contribution in [0.1, 0.15) is 34.1 Å². The van der Waals surface area contributed by atoms with Crippen LogP contribution in [0.3, 0.4) is 0 Å². The minimum atomic E-state index is 0.620. The molecule has 0 aliphatic carbocycles. The van der Waals surface area contributed by atoms with Gasteiger partial charge in [0, 0.05) is 32.2 Å². The lowest BCUT2D eigenvalue weighted by atomic mass is 9.92. The molecule has 0 bridgehead atoms. The van der Waals surface area contributed by atoms with Crippen molar-refractivity contribution in [2.45, 2.75) is 40.2 Å². The molecule has 0 radical (unpaired) electrons. The van der Waals surface area contributed by atoms with Crippen LogP contribution in [0.15, 0.2) is 0 Å². The SMILES string of the molecule is CC(C)NCCN1C[C@H](C)C[C@H](C)C1. The summed E-state index contributed by atoms with van der Waals surface area (Å²) in [5.74, 6) is 1.77. The fourth-order valence-electron chi connectivity index (χ4n) is 2.49. The predicted molar refractivity (Wildman–Crippen MR) is 62.5 cm³/mol. The molecule has 1 saturated heterocycles. The van der Waals surface area contributed by atoms with E-state index in [1.165, 1.54) is 26.1 Å². The summed E-state index contributed by atoms with van der Waals surface area (Å²) in [4.78, 5) is 2.61. The topological polar surface area (TPSA) is 15.3 Å². The molecule has 0 aromatic heterocycles. The van der Waals surface area contributed by atoms with Gasteiger partial charge in [-0.15, -0.1) is 0 Å². The average Bonchev–Trinajstić information content (AvgIpc) is 2.01. The van der Waals surface area contributed by atoms with Crippen molar-refractivity contribution in [2.75, 3.05) is 26.2 Å². The molecule has 0 amide bonds. The van der Waals surface area contributed by atoms with E-state index in [2.05, 4.69) is 37.9 Å². The lowest BCUT2D eigenvalue weighted by molar-refractivity contribution is 0.141. The molecule has 1 N–H and O–H groups in total. The Morgan fingerprint density at radius 3 is 2.29 bits per heavy atom. The van der Waals surface area contributed by atoms with Gasteiger partial charge in [-0.2, -0.15) is 0 Å². The third-order valence-electron chi connectivity index (χ3n) is 2.93. The maximum absolute atomic E-state index is 3.48. The maximum Gasteiger partial charge on any atom is 0.0107 e. The Hall–Kier alpha value is -0.0800. The number of likely N-dealkylation sites (tertiary alicyclic amines) is 1. The van der Waals surface area contributed by atoms with E-state index in [1.54, 1.807) is 0 Å². The van der Waals surface area contributed by atoms with Crippen LogP contribution in [0, 0.1) is 11.8 Å². The van der Waals surface area contributed by atoms with Crippen molar-refractivity contribution in [3.63, 3.8) is 0 Å². The van der Waals surface area contributed by atoms with Gasteiger partial charge in [0.2, 0.25) is 0 Å². The lowest BCUT2D eigenvalue weighted by Gasteiger charge is -2.35. The fourth-order valence-corrected chi connectivity index (χ4v) is 2.49. The van der Waals surface area contributed by atoms with E-state index in [1.807, 2.05) is 0 Å². The monoisotopic (exact) mass is 198 g/mol. The van der Waals surface area contributed by atoms with Gasteiger partial charge >= 0.3 is 0 Å². The van der Waals surface area contributed by atoms with Crippen molar-refractivity contribution in [2.24, 2.45) is 11.8 Å². The van der Waals surface area contributed by atoms with Gasteiger partial charge in [0.15, 0.2) is 0 Å². The first-order valence-corrected chi connectivity index (χ1v) is 6.03. The molecule has 0 aromatic rings. The highest BCUT2D eigenvalue weighted by Gasteiger charge is 2.20. The van der Waals surface area contributed by atoms with Gasteiger partial charge in [-0.1, -0.05) is 27.7 Å². The Kier molecular flexibility index (Phi) is 4.90. The van der Waals surface area contributed by atoms with Crippen molar-refractivity contribution in [3.05, 3.63) is 0 Å². The summed E-state index contributed by atoms with van der Waals surface area (Å²) in [6.45, 7) is 14.1. The average molecular weight is 198 g/mol. The first-order chi connectivity index (χ1) is 6.58. The molecular weight excluding hydrogens is 172 g/mol. The van der Waals surface area contributed by atoms with Crippen molar-refractivity contribution in [1.82, 2.24) is 10.2 Å². The molecule has 1 heterocycles. The molecule has 0 unspecified atom stereocenters. The normalized spacial score (nSPS) is 29.8. The predicted octanol–water partition coefficient (Wildman–Crippen LogP) is 1.96. The number of hydrogen-bond acceptors (Lipinski definition) is 2. The zero-order valence-electron chi connectivity index (χ0n) is 10.2. The Bertz CT molecular complexity index is 146. The van der Waals surface area contributed by atoms with Gasteiger partial charge in [0.1, 0.15) is 0 Å². The fraction of sp³-hybridized carbons (Fsp3) is 1.00. The Morgan fingerprint density at radius 2 is 1.79 bits per heavy atom. The molecule has 2 atom stereocenters. The van der Waals surface area contributed by atoms with E-state index < -0.39 is 0 Å². The Morgan fingerprint density at radius 1 is 1.21 bits per heavy atom. The van der Waals surface area contributed by atoms with Crippen LogP contribution in [0.2, 0.25) is 0 Å². The lowest BCUT2D eigenvalue weighted by Crippen LogP contribution is -2.42. The van der Waals surface area contributed by atoms with Gasteiger partial charge in [0.25, 0.3) is 0 Å². The molecule has 2 nitrogen and oxygen atoms in total. The number of hydrogen-bond donors (Lipinski definition) is 1. The van der Waals surface area contributed by atoms with Gasteiger partial charge in [-0.3, -0.25) is 0 Å². The molecule has 14 heavy (non-hydrogen) atoms. The van der Waals surface area contributed by atoms with Gasteiger partial charge in [-0.05, 0) is 18.3 Å². The highest BCUT2D eigenvalue weighted by Crippen LogP contribution is 2.20. The highest BCUT2D eigenvalue weighted by atomic mass is 15.1. The first-order valence-electron chi connectivity index (χ1n) is 6.03. The standard InChI is InChI=1S/C12H26N2/c1-10(2)13-5-6-14-8-11(3)7-12(4)9-14/h10-13H,5-9H2,1-4H3/t11-,12+. The van der Waals surface area contributed by atoms with Crippen LogP contribution < -0.4 is 5.32 Å². The van der Waals surface area contributed by atoms with E-state index in [4.69, 9.17) is 0 Å². The van der Waals surface area contributed by atoms with Crippen LogP contribution >= 0.6 is 0 Å². The van der Waals surface area contributed by atoms with Crippen LogP contribution in [0.4, 0.5) is 0 Å². The molecule has 84 valence electrons. The summed E-state index contributed by atoms with van der Waals surface area (Å²) in [6, 6.07) is 0.620. The van der Waals surface area contributed by atoms with E-state index >= 15 is 0 Å². The molecule has 1 fully saturated rings. The molecule has 0 spiro atoms. The summed E-state index contributed by atoms with van der Waals surface area (Å²) in [5, 5.41) is 3.48. The number of rotatable bonds is 4. The second-order valence-electron chi connectivity index (χ2n) is 5.31. The second-order valence-corrected chi connectivity index (χ2v) is 5.31. The summed E-state index contributed by atoms with van der Waals surface area (Å²) >= 11 is 0. The van der Waals surface area contributed by atoms with Crippen LogP contribution in [0.25, 0.3) is 0 Å². The van der Waals surface area contributed by atoms with Crippen molar-refractivity contribution in [1.29, 1.82) is 0 Å². The quantitative estimate of drug-likeness (QED) is 0.743. The van der Waals surface area contributed by atoms with Gasteiger partial charge < -0.3 is 10.2 Å². The summed E-state index contributed by atoms with van der Waals surface area (Å²) in [6.07, 6.45) is 1.41. The molecule has 0 saturated carbocycles. The number of nitrogens with zero attached hydrogens (tertiary/aromatic N) is 1. The molecule has 2 heteroatoms. The van der Waals surface area contributed by atoms with Crippen LogP contribution in [0.5, 0.6) is 0 Å². The first kappa shape index (κ1) is 12.0. The molecule has 1 aliphatic heterocycles. The minimum absolute atomic E-state index is 0.620. The van der Waals surface area contributed by atoms with E-state index in [0.717, 1.165) is 18.4 Å². The van der Waals surface area contributed by atoms with E-state index in [9.17, 15) is 0 Å². The third-order valence-corrected chi connectivity index (χ3v) is 2.93. The van der Waals surface area contributed by atoms with E-state index in [-0.39, 0.29) is 0 Å². The molecular formula is C12H26N2. The van der Waals surface area contributed by atoms with Crippen molar-refractivity contribution in [3.8, 4) is 0 Å². The van der Waals surface area contributed by atoms with Crippen LogP contribution in [-0.4, -0.2) is 37.1 Å². The third kappa shape index (κ3) is 4.43. The second kappa shape index (κ2) is 5.72. The molecule has 1 rings (SSSR count). The summed E-state index contributed by atoms with van der Waals surface area (Å²) < 4.78 is 0. The summed E-state index contributed by atoms with van der Waals surface area (Å²) in [7, 11) is 0. The number of piperidine rings is 1. The Labute approximate surface area is 89.1 Å². The molecule has 1 aliphatic rings. The largest absolute Gasteiger partial charge is 0.313 e. The zero-order valence-corrected chi connectivity index (χ0v) is 10.2. The van der Waals surface area contributed by atoms with Crippen molar-refractivity contribution < 1.29 is 0 Å². The van der Waals surface area contributed by atoms with Crippen molar-refractivity contribution >= 4 is 0 Å². The Balaban J connectivity index is 2.17. The summed E-state index contributed by atoms with van der Waals surface area (Å²) in [5.41, 5.74) is 0. The van der Waals surface area contributed by atoms with Crippen LogP contribution in [-0.2, 0) is 0 Å². The number of nitrogens with one attached hydrogen (secondary N) is 1.